The predicted octanol–water partition coefficient (Wildman–Crippen LogP) is 22.1. The van der Waals surface area contributed by atoms with E-state index in [1.54, 1.807) is 104 Å². The van der Waals surface area contributed by atoms with Crippen molar-refractivity contribution in [3.05, 3.63) is 174 Å². The van der Waals surface area contributed by atoms with Crippen molar-refractivity contribution < 1.29 is 69.3 Å². The van der Waals surface area contributed by atoms with Crippen molar-refractivity contribution in [2.75, 3.05) is 18.1 Å². The summed E-state index contributed by atoms with van der Waals surface area (Å²) in [6.45, 7) is 13.7. The van der Waals surface area contributed by atoms with Gasteiger partial charge in [-0.3, -0.25) is 29.6 Å². The number of hydrogen-bond donors (Lipinski definition) is 4. The molecule has 674 valence electrons. The molecule has 4 fully saturated rings. The van der Waals surface area contributed by atoms with Gasteiger partial charge in [-0.05, 0) is 219 Å². The van der Waals surface area contributed by atoms with Crippen molar-refractivity contribution in [3.63, 3.8) is 0 Å². The molecule has 0 saturated heterocycles. The van der Waals surface area contributed by atoms with Crippen molar-refractivity contribution in [3.8, 4) is 89.9 Å². The average molecular weight is 1770 g/mol. The summed E-state index contributed by atoms with van der Waals surface area (Å²) in [5.41, 5.74) is 25.8. The fourth-order valence-electron chi connectivity index (χ4n) is 18.4. The van der Waals surface area contributed by atoms with Gasteiger partial charge in [0, 0.05) is 137 Å². The van der Waals surface area contributed by atoms with Gasteiger partial charge in [-0.2, -0.15) is 18.3 Å². The number of halogens is 7. The van der Waals surface area contributed by atoms with Gasteiger partial charge in [0.15, 0.2) is 5.82 Å². The number of rotatable bonds is 17. The number of carboxylic acid groups (broad SMARTS) is 1. The molecule has 6 N–H and O–H groups in total. The Hall–Kier alpha value is -12.8. The largest absolute Gasteiger partial charge is 0.478 e. The minimum Gasteiger partial charge on any atom is -0.478 e. The third-order valence-corrected chi connectivity index (χ3v) is 25.3. The first-order valence-electron chi connectivity index (χ1n) is 45.4. The van der Waals surface area contributed by atoms with Gasteiger partial charge in [0.05, 0.1) is 109 Å². The van der Waals surface area contributed by atoms with Gasteiger partial charge < -0.3 is 58.0 Å². The molecule has 1 aromatic carbocycles. The highest BCUT2D eigenvalue weighted by Gasteiger charge is 2.37. The van der Waals surface area contributed by atoms with Crippen molar-refractivity contribution in [2.45, 2.75) is 240 Å². The third-order valence-electron chi connectivity index (χ3n) is 25.3. The molecule has 32 heteroatoms. The Morgan fingerprint density at radius 1 is 0.496 bits per heavy atom. The molecule has 4 aliphatic rings. The SMILES string of the molecule is Cc1noc(C)c1-c1cnc2c(-c3ccc(C(=O)O)cc3)cn(CC3(F)CCCCC3)c2c1.Cc1onc(N)c1-c1cnc2c(-c3cnn(CC(F)(F)F)c3)cn(CC3CCC(C)(F)CC3)c2c1.[2H]C([2H])(C1CCC(C)(F)CC1)n1cc(-c2cnc(N)cn2)c2ncc(-c3c(C)noc3C)cc21.[2H]C([2H])(C1CCC(C)(F)CC1)n1cc(C#CCO)c2ncc(-c3c(C)noc3C)cc21. The standard InChI is InChI=1S/C26H26FN3O3.C24H26F4N6O.C24H27FN6O.C23H26FN3O2/c1-16-23(17(2)33-29-16)20-12-22-24(28-13-20)21(18-6-8-19(9-7-18)25(31)32)14-30(22)15-26(27)10-4-3-5-11-26;1-14-20(22(29)32-35-14)16-7-19-21(30-8-16)18(17-9-31-34(11-17)13-24(26,27)28)12-33(19)10-15-3-5-23(2,25)6-4-15;1-14-22(15(2)32-30-14)17-8-20-23(29-9-17)18(19-10-28-21(26)11-27-19)13-31(20)12-16-4-6-24(3,25)7-5-16;1-15-21(16(2)29-26-15)19-11-20-22(25-12-19)18(5-4-10-28)14-27(20)13-17-6-8-23(3,24)9-7-17/h6-9,12-14H,3-5,10-11,15H2,1-2H3,(H,31,32);7-9,11-12,15H,3-6,10,13H2,1-2H3,(H2,29,32);8-11,13,16H,4-7,12H2,1-3H3,(H2,26,28);11-12,14,17,28H,6-10,13H2,1-3H3/i;;12D2;13D2. The summed E-state index contributed by atoms with van der Waals surface area (Å²) in [6.07, 6.45) is 25.3. The number of aliphatic hydroxyl groups is 1. The zero-order valence-corrected chi connectivity index (χ0v) is 73.5. The van der Waals surface area contributed by atoms with E-state index in [2.05, 4.69) is 57.5 Å². The van der Waals surface area contributed by atoms with Crippen LogP contribution >= 0.6 is 0 Å². The number of aromatic nitrogens is 16. The summed E-state index contributed by atoms with van der Waals surface area (Å²) >= 11 is 0. The quantitative estimate of drug-likeness (QED) is 0.0486. The van der Waals surface area contributed by atoms with Gasteiger partial charge in [0.1, 0.15) is 70.2 Å². The molecule has 0 amide bonds. The maximum Gasteiger partial charge on any atom is 0.408 e. The second-order valence-electron chi connectivity index (χ2n) is 35.6. The number of benzene rings is 1. The maximum atomic E-state index is 15.7. The Morgan fingerprint density at radius 3 is 1.40 bits per heavy atom. The number of alkyl halides is 7. The van der Waals surface area contributed by atoms with Crippen LogP contribution in [-0.4, -0.2) is 130 Å². The van der Waals surface area contributed by atoms with E-state index >= 15 is 4.39 Å². The Bertz CT molecular complexity index is 6770. The van der Waals surface area contributed by atoms with E-state index < -0.39 is 54.4 Å². The number of carboxylic acids is 1. The molecule has 0 atom stereocenters. The lowest BCUT2D eigenvalue weighted by Crippen LogP contribution is -2.31. The summed E-state index contributed by atoms with van der Waals surface area (Å²) in [7, 11) is 0. The first-order valence-corrected chi connectivity index (χ1v) is 43.4. The molecule has 0 spiro atoms. The molecule has 4 saturated carbocycles. The van der Waals surface area contributed by atoms with Crippen LogP contribution in [0.2, 0.25) is 0 Å². The molecular formula is C97H105F7N18O7. The number of anilines is 2. The molecular weight excluding hydrogens is 1660 g/mol. The normalized spacial score (nSPS) is 20.7. The lowest BCUT2D eigenvalue weighted by Gasteiger charge is -2.31. The molecule has 0 unspecified atom stereocenters. The molecule has 0 aliphatic heterocycles. The minimum absolute atomic E-state index is 0.223. The number of carbonyl (C=O) groups is 1. The summed E-state index contributed by atoms with van der Waals surface area (Å²) in [5.74, 6) is 7.31. The highest BCUT2D eigenvalue weighted by atomic mass is 19.4. The molecule has 19 rings (SSSR count). The van der Waals surface area contributed by atoms with Crippen LogP contribution in [0.1, 0.15) is 191 Å². The van der Waals surface area contributed by atoms with Crippen molar-refractivity contribution in [2.24, 2.45) is 17.8 Å². The van der Waals surface area contributed by atoms with Crippen LogP contribution in [0.4, 0.5) is 42.4 Å². The molecule has 25 nitrogen and oxygen atoms in total. The first-order chi connectivity index (χ1) is 63.0. The van der Waals surface area contributed by atoms with Crippen molar-refractivity contribution in [1.29, 1.82) is 0 Å². The van der Waals surface area contributed by atoms with E-state index in [9.17, 15) is 36.2 Å². The summed E-state index contributed by atoms with van der Waals surface area (Å²) in [6, 6.07) is 14.5. The van der Waals surface area contributed by atoms with Gasteiger partial charge in [-0.25, -0.2) is 27.3 Å². The van der Waals surface area contributed by atoms with Crippen LogP contribution in [0.3, 0.4) is 0 Å². The second kappa shape index (κ2) is 36.4. The Balaban J connectivity index is 0.000000129. The highest BCUT2D eigenvalue weighted by molar-refractivity contribution is 5.98. The Labute approximate surface area is 745 Å². The van der Waals surface area contributed by atoms with Gasteiger partial charge in [-0.1, -0.05) is 63.9 Å². The number of nitrogens with two attached hydrogens (primary N) is 2. The smallest absolute Gasteiger partial charge is 0.408 e. The van der Waals surface area contributed by atoms with Crippen LogP contribution in [0, 0.1) is 78.1 Å². The summed E-state index contributed by atoms with van der Waals surface area (Å²) in [5, 5.41) is 38.2. The highest BCUT2D eigenvalue weighted by Crippen LogP contribution is 2.45. The van der Waals surface area contributed by atoms with Gasteiger partial charge >= 0.3 is 12.1 Å². The van der Waals surface area contributed by atoms with Crippen LogP contribution < -0.4 is 11.5 Å². The molecule has 0 bridgehead atoms. The number of hydrogen-bond acceptors (Lipinski definition) is 19. The topological polar surface area (TPSA) is 329 Å². The second-order valence-corrected chi connectivity index (χ2v) is 35.6. The van der Waals surface area contributed by atoms with Crippen molar-refractivity contribution >= 4 is 61.7 Å². The lowest BCUT2D eigenvalue weighted by molar-refractivity contribution is -0.142. The molecule has 14 aromatic heterocycles. The van der Waals surface area contributed by atoms with E-state index in [0.717, 1.165) is 120 Å². The van der Waals surface area contributed by atoms with Crippen LogP contribution in [0.25, 0.3) is 122 Å². The van der Waals surface area contributed by atoms with Crippen LogP contribution in [0.5, 0.6) is 0 Å². The van der Waals surface area contributed by atoms with Gasteiger partial charge in [0.25, 0.3) is 0 Å². The maximum absolute atomic E-state index is 15.7. The average Bonchev–Trinajstić information content (AvgIpc) is 1.61. The fourth-order valence-corrected chi connectivity index (χ4v) is 18.4. The van der Waals surface area contributed by atoms with Crippen LogP contribution in [0.15, 0.2) is 141 Å². The monoisotopic (exact) mass is 1770 g/mol. The zero-order valence-electron chi connectivity index (χ0n) is 77.5. The summed E-state index contributed by atoms with van der Waals surface area (Å²) < 4.78 is 163. The van der Waals surface area contributed by atoms with Crippen LogP contribution in [-0.2, 0) is 32.6 Å². The number of aryl methyl sites for hydroxylation is 7. The number of aromatic carboxylic acids is 1. The summed E-state index contributed by atoms with van der Waals surface area (Å²) in [4.78, 5) is 38.5. The molecule has 4 aliphatic carbocycles. The van der Waals surface area contributed by atoms with E-state index in [-0.39, 0.29) is 42.3 Å². The number of fused-ring (bicyclic) bond motifs is 4. The van der Waals surface area contributed by atoms with E-state index in [4.69, 9.17) is 50.1 Å². The lowest BCUT2D eigenvalue weighted by atomic mass is 9.81. The third kappa shape index (κ3) is 19.9. The predicted molar refractivity (Wildman–Crippen MR) is 479 cm³/mol. The molecule has 129 heavy (non-hydrogen) atoms. The zero-order chi connectivity index (χ0) is 94.8. The number of nitrogen functional groups attached to an aromatic ring is 2. The first kappa shape index (κ1) is 84.4. The van der Waals surface area contributed by atoms with E-state index in [1.165, 1.54) is 18.6 Å². The van der Waals surface area contributed by atoms with Gasteiger partial charge in [0.2, 0.25) is 0 Å². The Kier molecular flexibility index (Phi) is 23.8. The molecule has 0 radical (unpaired) electrons. The fraction of sp³-hybridized carbons (Fsp3) is 0.423. The van der Waals surface area contributed by atoms with Gasteiger partial charge in [-0.15, -0.1) is 0 Å². The van der Waals surface area contributed by atoms with Crippen molar-refractivity contribution in [1.82, 2.24) is 78.6 Å². The number of nitrogens with zero attached hydrogens (tertiary/aromatic N) is 16. The number of pyridine rings is 4. The van der Waals surface area contributed by atoms with E-state index in [1.807, 2.05) is 87.3 Å². The Morgan fingerprint density at radius 2 is 0.930 bits per heavy atom. The van der Waals surface area contributed by atoms with E-state index in [0.29, 0.717) is 174 Å². The number of aliphatic hydroxyl groups excluding tert-OH is 1. The molecule has 15 aromatic rings. The molecule has 14 heterocycles. The minimum atomic E-state index is -4.37.